The Morgan fingerprint density at radius 2 is 2.05 bits per heavy atom. The van der Waals surface area contributed by atoms with Crippen LogP contribution in [0.3, 0.4) is 0 Å². The molecule has 0 aliphatic heterocycles. The zero-order valence-corrected chi connectivity index (χ0v) is 13.9. The molecule has 0 saturated carbocycles. The summed E-state index contributed by atoms with van der Waals surface area (Å²) in [4.78, 5) is 11.7. The van der Waals surface area contributed by atoms with Crippen LogP contribution in [0, 0.1) is 0 Å². The van der Waals surface area contributed by atoms with Gasteiger partial charge in [-0.05, 0) is 19.4 Å². The number of nitrogens with zero attached hydrogens (tertiary/aromatic N) is 2. The zero-order chi connectivity index (χ0) is 14.5. The fraction of sp³-hybridized carbons (Fsp3) is 0.429. The maximum Gasteiger partial charge on any atom is 0.344 e. The number of thioether (sulfide) groups is 1. The van der Waals surface area contributed by atoms with E-state index in [9.17, 15) is 4.79 Å². The number of hydrogen-bond acceptors (Lipinski definition) is 3. The number of aromatic amines is 1. The highest BCUT2D eigenvalue weighted by Gasteiger charge is 2.15. The van der Waals surface area contributed by atoms with E-state index in [1.54, 1.807) is 16.3 Å². The summed E-state index contributed by atoms with van der Waals surface area (Å²) in [7, 11) is 0. The SMILES string of the molecule is CC(C)n1c(SCC(CBr)c2ccccc2)n[nH]c1=O. The van der Waals surface area contributed by atoms with E-state index in [1.807, 2.05) is 32.0 Å². The summed E-state index contributed by atoms with van der Waals surface area (Å²) in [5.41, 5.74) is 1.16. The van der Waals surface area contributed by atoms with Gasteiger partial charge in [0.15, 0.2) is 5.16 Å². The molecule has 0 amide bonds. The predicted molar refractivity (Wildman–Crippen MR) is 86.9 cm³/mol. The minimum absolute atomic E-state index is 0.114. The van der Waals surface area contributed by atoms with E-state index in [-0.39, 0.29) is 11.7 Å². The number of rotatable bonds is 6. The molecule has 0 bridgehead atoms. The van der Waals surface area contributed by atoms with E-state index < -0.39 is 0 Å². The van der Waals surface area contributed by atoms with E-state index >= 15 is 0 Å². The van der Waals surface area contributed by atoms with Crippen LogP contribution in [0.25, 0.3) is 0 Å². The van der Waals surface area contributed by atoms with Gasteiger partial charge >= 0.3 is 5.69 Å². The maximum absolute atomic E-state index is 11.7. The highest BCUT2D eigenvalue weighted by molar-refractivity contribution is 9.09. The number of alkyl halides is 1. The summed E-state index contributed by atoms with van der Waals surface area (Å²) < 4.78 is 1.70. The summed E-state index contributed by atoms with van der Waals surface area (Å²) in [6.07, 6.45) is 0. The Balaban J connectivity index is 2.10. The lowest BCUT2D eigenvalue weighted by Gasteiger charge is -2.14. The second-order valence-electron chi connectivity index (χ2n) is 4.85. The molecule has 20 heavy (non-hydrogen) atoms. The minimum atomic E-state index is -0.141. The summed E-state index contributed by atoms with van der Waals surface area (Å²) >= 11 is 5.18. The molecule has 0 spiro atoms. The van der Waals surface area contributed by atoms with Gasteiger partial charge in [0.25, 0.3) is 0 Å². The third-order valence-corrected chi connectivity index (χ3v) is 4.96. The van der Waals surface area contributed by atoms with Crippen molar-refractivity contribution in [3.8, 4) is 0 Å². The van der Waals surface area contributed by atoms with E-state index in [2.05, 4.69) is 38.3 Å². The molecule has 1 atom stereocenters. The molecule has 2 rings (SSSR count). The Hall–Kier alpha value is -1.01. The predicted octanol–water partition coefficient (Wildman–Crippen LogP) is 3.42. The lowest BCUT2D eigenvalue weighted by molar-refractivity contribution is 0.534. The summed E-state index contributed by atoms with van der Waals surface area (Å²) in [6, 6.07) is 10.5. The third kappa shape index (κ3) is 3.55. The van der Waals surface area contributed by atoms with Crippen LogP contribution in [-0.4, -0.2) is 25.8 Å². The molecular weight excluding hydrogens is 338 g/mol. The second-order valence-corrected chi connectivity index (χ2v) is 6.48. The van der Waals surface area contributed by atoms with Gasteiger partial charge in [0.1, 0.15) is 0 Å². The Labute approximate surface area is 131 Å². The molecule has 0 aliphatic rings. The number of nitrogens with one attached hydrogen (secondary N) is 1. The molecule has 0 saturated heterocycles. The first kappa shape index (κ1) is 15.4. The van der Waals surface area contributed by atoms with Gasteiger partial charge in [0.2, 0.25) is 0 Å². The first-order valence-electron chi connectivity index (χ1n) is 6.54. The van der Waals surface area contributed by atoms with E-state index in [0.717, 1.165) is 16.2 Å². The van der Waals surface area contributed by atoms with Crippen molar-refractivity contribution in [1.82, 2.24) is 14.8 Å². The topological polar surface area (TPSA) is 50.7 Å². The van der Waals surface area contributed by atoms with Crippen LogP contribution < -0.4 is 5.69 Å². The molecule has 108 valence electrons. The van der Waals surface area contributed by atoms with E-state index in [1.165, 1.54) is 5.56 Å². The summed E-state index contributed by atoms with van der Waals surface area (Å²) in [6.45, 7) is 3.97. The quantitative estimate of drug-likeness (QED) is 0.637. The number of H-pyrrole nitrogens is 1. The summed E-state index contributed by atoms with van der Waals surface area (Å²) in [5.74, 6) is 1.28. The Morgan fingerprint density at radius 1 is 1.35 bits per heavy atom. The molecule has 1 unspecified atom stereocenters. The normalized spacial score (nSPS) is 12.8. The second kappa shape index (κ2) is 7.13. The standard InChI is InChI=1S/C14H18BrN3OS/c1-10(2)18-13(19)16-17-14(18)20-9-12(8-15)11-6-4-3-5-7-11/h3-7,10,12H,8-9H2,1-2H3,(H,16,19). The number of hydrogen-bond donors (Lipinski definition) is 1. The van der Waals surface area contributed by atoms with Crippen molar-refractivity contribution >= 4 is 27.7 Å². The lowest BCUT2D eigenvalue weighted by Crippen LogP contribution is -2.19. The number of aromatic nitrogens is 3. The smallest absolute Gasteiger partial charge is 0.268 e. The van der Waals surface area contributed by atoms with Gasteiger partial charge in [-0.15, -0.1) is 5.10 Å². The third-order valence-electron chi connectivity index (χ3n) is 3.06. The van der Waals surface area contributed by atoms with Crippen LogP contribution in [-0.2, 0) is 0 Å². The van der Waals surface area contributed by atoms with E-state index in [4.69, 9.17) is 0 Å². The van der Waals surface area contributed by atoms with Crippen molar-refractivity contribution in [3.05, 3.63) is 46.4 Å². The minimum Gasteiger partial charge on any atom is -0.268 e. The van der Waals surface area contributed by atoms with E-state index in [0.29, 0.717) is 5.92 Å². The van der Waals surface area contributed by atoms with Crippen LogP contribution in [0.15, 0.2) is 40.3 Å². The average molecular weight is 356 g/mol. The van der Waals surface area contributed by atoms with Gasteiger partial charge in [-0.25, -0.2) is 9.89 Å². The van der Waals surface area contributed by atoms with Gasteiger partial charge in [-0.3, -0.25) is 4.57 Å². The molecule has 6 heteroatoms. The molecule has 2 aromatic rings. The molecule has 0 aliphatic carbocycles. The highest BCUT2D eigenvalue weighted by atomic mass is 79.9. The van der Waals surface area contributed by atoms with Gasteiger partial charge in [-0.2, -0.15) is 0 Å². The fourth-order valence-corrected chi connectivity index (χ4v) is 4.09. The number of halogens is 1. The molecule has 4 nitrogen and oxygen atoms in total. The van der Waals surface area contributed by atoms with Gasteiger partial charge in [-0.1, -0.05) is 58.0 Å². The Kier molecular flexibility index (Phi) is 5.48. The average Bonchev–Trinajstić information content (AvgIpc) is 2.82. The molecule has 1 aromatic heterocycles. The largest absolute Gasteiger partial charge is 0.344 e. The van der Waals surface area contributed by atoms with Crippen molar-refractivity contribution in [1.29, 1.82) is 0 Å². The molecule has 0 fully saturated rings. The lowest BCUT2D eigenvalue weighted by atomic mass is 10.0. The summed E-state index contributed by atoms with van der Waals surface area (Å²) in [5, 5.41) is 8.28. The monoisotopic (exact) mass is 355 g/mol. The van der Waals surface area contributed by atoms with Crippen molar-refractivity contribution in [2.24, 2.45) is 0 Å². The molecule has 1 N–H and O–H groups in total. The van der Waals surface area contributed by atoms with Crippen LogP contribution in [0.5, 0.6) is 0 Å². The molecule has 1 heterocycles. The molecular formula is C14H18BrN3OS. The van der Waals surface area contributed by atoms with Crippen molar-refractivity contribution in [2.75, 3.05) is 11.1 Å². The van der Waals surface area contributed by atoms with Gasteiger partial charge in [0, 0.05) is 23.0 Å². The first-order chi connectivity index (χ1) is 9.63. The van der Waals surface area contributed by atoms with Crippen LogP contribution >= 0.6 is 27.7 Å². The van der Waals surface area contributed by atoms with Crippen molar-refractivity contribution < 1.29 is 0 Å². The zero-order valence-electron chi connectivity index (χ0n) is 11.5. The van der Waals surface area contributed by atoms with Crippen molar-refractivity contribution in [2.45, 2.75) is 31.0 Å². The molecule has 0 radical (unpaired) electrons. The number of benzene rings is 1. The van der Waals surface area contributed by atoms with Crippen LogP contribution in [0.4, 0.5) is 0 Å². The first-order valence-corrected chi connectivity index (χ1v) is 8.64. The van der Waals surface area contributed by atoms with Gasteiger partial charge in [0.05, 0.1) is 0 Å². The van der Waals surface area contributed by atoms with Crippen LogP contribution in [0.1, 0.15) is 31.4 Å². The Morgan fingerprint density at radius 3 is 2.65 bits per heavy atom. The fourth-order valence-electron chi connectivity index (χ4n) is 1.98. The Bertz CT molecular complexity index is 594. The van der Waals surface area contributed by atoms with Gasteiger partial charge < -0.3 is 0 Å². The molecule has 1 aromatic carbocycles. The van der Waals surface area contributed by atoms with Crippen LogP contribution in [0.2, 0.25) is 0 Å². The van der Waals surface area contributed by atoms with Crippen molar-refractivity contribution in [3.63, 3.8) is 0 Å². The maximum atomic E-state index is 11.7. The highest BCUT2D eigenvalue weighted by Crippen LogP contribution is 2.27.